The Morgan fingerprint density at radius 3 is 2.42 bits per heavy atom. The van der Waals surface area contributed by atoms with E-state index in [-0.39, 0.29) is 17.7 Å². The van der Waals surface area contributed by atoms with E-state index in [1.165, 1.54) is 0 Å². The first-order valence-corrected chi connectivity index (χ1v) is 11.3. The number of rotatable bonds is 4. The summed E-state index contributed by atoms with van der Waals surface area (Å²) in [6, 6.07) is 7.67. The first-order chi connectivity index (χ1) is 15.0. The van der Waals surface area contributed by atoms with Crippen LogP contribution in [0.5, 0.6) is 0 Å². The van der Waals surface area contributed by atoms with Crippen molar-refractivity contribution in [1.82, 2.24) is 19.6 Å². The van der Waals surface area contributed by atoms with Crippen molar-refractivity contribution in [3.8, 4) is 0 Å². The van der Waals surface area contributed by atoms with Gasteiger partial charge in [-0.25, -0.2) is 0 Å². The molecule has 2 amide bonds. The third kappa shape index (κ3) is 4.62. The van der Waals surface area contributed by atoms with E-state index in [9.17, 15) is 9.59 Å². The molecule has 1 aromatic heterocycles. The molecular formula is C23H29ClN4O3. The maximum atomic E-state index is 13.3. The van der Waals surface area contributed by atoms with Crippen molar-refractivity contribution in [3.63, 3.8) is 0 Å². The van der Waals surface area contributed by atoms with Crippen molar-refractivity contribution in [2.24, 2.45) is 5.92 Å². The molecule has 0 radical (unpaired) electrons. The lowest BCUT2D eigenvalue weighted by molar-refractivity contribution is -0.141. The Labute approximate surface area is 187 Å². The van der Waals surface area contributed by atoms with Crippen LogP contribution in [0.4, 0.5) is 0 Å². The summed E-state index contributed by atoms with van der Waals surface area (Å²) >= 11 is 6.30. The second-order valence-electron chi connectivity index (χ2n) is 8.30. The van der Waals surface area contributed by atoms with Gasteiger partial charge in [-0.05, 0) is 38.3 Å². The standard InChI is InChI=1S/C23H29ClN4O3/c1-16-21(17(2)28(25-16)15-19-5-3-4-6-20(19)24)23(30)26-9-7-18(8-10-26)22(29)27-11-13-31-14-12-27/h3-6,18H,7-15H2,1-2H3. The number of benzene rings is 1. The van der Waals surface area contributed by atoms with Gasteiger partial charge < -0.3 is 14.5 Å². The van der Waals surface area contributed by atoms with Gasteiger partial charge in [0.1, 0.15) is 0 Å². The number of carbonyl (C=O) groups is 2. The summed E-state index contributed by atoms with van der Waals surface area (Å²) in [6.45, 7) is 8.07. The summed E-state index contributed by atoms with van der Waals surface area (Å²) in [5, 5.41) is 5.29. The lowest BCUT2D eigenvalue weighted by Crippen LogP contribution is -2.47. The Morgan fingerprint density at radius 2 is 1.74 bits per heavy atom. The highest BCUT2D eigenvalue weighted by Crippen LogP contribution is 2.25. The molecule has 166 valence electrons. The minimum absolute atomic E-state index is 0.00215. The second kappa shape index (κ2) is 9.40. The van der Waals surface area contributed by atoms with Gasteiger partial charge in [0.15, 0.2) is 0 Å². The van der Waals surface area contributed by atoms with Gasteiger partial charge >= 0.3 is 0 Å². The molecule has 0 spiro atoms. The molecular weight excluding hydrogens is 416 g/mol. The molecule has 3 heterocycles. The van der Waals surface area contributed by atoms with Gasteiger partial charge in [0.25, 0.3) is 5.91 Å². The van der Waals surface area contributed by atoms with Gasteiger partial charge in [0, 0.05) is 42.8 Å². The van der Waals surface area contributed by atoms with Crippen molar-refractivity contribution in [3.05, 3.63) is 51.8 Å². The molecule has 31 heavy (non-hydrogen) atoms. The van der Waals surface area contributed by atoms with Crippen molar-refractivity contribution in [1.29, 1.82) is 0 Å². The van der Waals surface area contributed by atoms with Crippen molar-refractivity contribution < 1.29 is 14.3 Å². The molecule has 1 aromatic carbocycles. The fraction of sp³-hybridized carbons (Fsp3) is 0.522. The monoisotopic (exact) mass is 444 g/mol. The Hall–Kier alpha value is -2.38. The third-order valence-corrected chi connectivity index (χ3v) is 6.70. The average Bonchev–Trinajstić information content (AvgIpc) is 3.07. The first-order valence-electron chi connectivity index (χ1n) is 10.9. The molecule has 0 bridgehead atoms. The first kappa shape index (κ1) is 21.8. The van der Waals surface area contributed by atoms with Crippen molar-refractivity contribution in [2.45, 2.75) is 33.2 Å². The number of nitrogens with zero attached hydrogens (tertiary/aromatic N) is 4. The van der Waals surface area contributed by atoms with Crippen molar-refractivity contribution in [2.75, 3.05) is 39.4 Å². The van der Waals surface area contributed by atoms with Gasteiger partial charge in [0.05, 0.1) is 31.0 Å². The maximum Gasteiger partial charge on any atom is 0.257 e. The SMILES string of the molecule is Cc1nn(Cc2ccccc2Cl)c(C)c1C(=O)N1CCC(C(=O)N2CCOCC2)CC1. The Kier molecular flexibility index (Phi) is 6.62. The summed E-state index contributed by atoms with van der Waals surface area (Å²) in [5.41, 5.74) is 3.19. The van der Waals surface area contributed by atoms with Gasteiger partial charge in [-0.1, -0.05) is 29.8 Å². The van der Waals surface area contributed by atoms with Crippen LogP contribution in [0.3, 0.4) is 0 Å². The molecule has 0 atom stereocenters. The summed E-state index contributed by atoms with van der Waals surface area (Å²) < 4.78 is 7.19. The third-order valence-electron chi connectivity index (χ3n) is 6.33. The largest absolute Gasteiger partial charge is 0.378 e. The molecule has 0 N–H and O–H groups in total. The summed E-state index contributed by atoms with van der Waals surface area (Å²) in [6.07, 6.45) is 1.40. The number of halogens is 1. The van der Waals surface area contributed by atoms with Crippen LogP contribution in [0, 0.1) is 19.8 Å². The fourth-order valence-corrected chi connectivity index (χ4v) is 4.67. The van der Waals surface area contributed by atoms with E-state index in [1.54, 1.807) is 0 Å². The highest BCUT2D eigenvalue weighted by molar-refractivity contribution is 6.31. The van der Waals surface area contributed by atoms with Crippen LogP contribution in [0.25, 0.3) is 0 Å². The van der Waals surface area contributed by atoms with E-state index in [2.05, 4.69) is 5.10 Å². The van der Waals surface area contributed by atoms with Gasteiger partial charge in [-0.3, -0.25) is 14.3 Å². The molecule has 2 aliphatic heterocycles. The maximum absolute atomic E-state index is 13.3. The normalized spacial score (nSPS) is 17.8. The Balaban J connectivity index is 1.41. The number of carbonyl (C=O) groups excluding carboxylic acids is 2. The summed E-state index contributed by atoms with van der Waals surface area (Å²) in [4.78, 5) is 29.8. The van der Waals surface area contributed by atoms with E-state index in [0.717, 1.165) is 17.0 Å². The molecule has 2 saturated heterocycles. The number of aryl methyl sites for hydroxylation is 1. The lowest BCUT2D eigenvalue weighted by Gasteiger charge is -2.35. The smallest absolute Gasteiger partial charge is 0.257 e. The van der Waals surface area contributed by atoms with E-state index < -0.39 is 0 Å². The number of piperidine rings is 1. The molecule has 8 heteroatoms. The van der Waals surface area contributed by atoms with Crippen LogP contribution in [-0.2, 0) is 16.1 Å². The molecule has 0 aliphatic carbocycles. The topological polar surface area (TPSA) is 67.7 Å². The van der Waals surface area contributed by atoms with Gasteiger partial charge in [-0.15, -0.1) is 0 Å². The number of morpholine rings is 1. The molecule has 4 rings (SSSR count). The van der Waals surface area contributed by atoms with Crippen LogP contribution in [0.15, 0.2) is 24.3 Å². The van der Waals surface area contributed by atoms with Gasteiger partial charge in [0.2, 0.25) is 5.91 Å². The number of amides is 2. The van der Waals surface area contributed by atoms with E-state index in [1.807, 2.05) is 52.6 Å². The number of hydrogen-bond acceptors (Lipinski definition) is 4. The molecule has 7 nitrogen and oxygen atoms in total. The zero-order valence-corrected chi connectivity index (χ0v) is 18.9. The zero-order chi connectivity index (χ0) is 22.0. The fourth-order valence-electron chi connectivity index (χ4n) is 4.48. The number of likely N-dealkylation sites (tertiary alicyclic amines) is 1. The van der Waals surface area contributed by atoms with E-state index in [4.69, 9.17) is 16.3 Å². The summed E-state index contributed by atoms with van der Waals surface area (Å²) in [5.74, 6) is 0.195. The van der Waals surface area contributed by atoms with E-state index >= 15 is 0 Å². The average molecular weight is 445 g/mol. The molecule has 0 saturated carbocycles. The second-order valence-corrected chi connectivity index (χ2v) is 8.71. The van der Waals surface area contributed by atoms with Crippen LogP contribution in [0.2, 0.25) is 5.02 Å². The quantitative estimate of drug-likeness (QED) is 0.727. The highest BCUT2D eigenvalue weighted by Gasteiger charge is 2.32. The van der Waals surface area contributed by atoms with E-state index in [0.29, 0.717) is 69.4 Å². The minimum Gasteiger partial charge on any atom is -0.378 e. The molecule has 0 unspecified atom stereocenters. The Bertz CT molecular complexity index is 960. The summed E-state index contributed by atoms with van der Waals surface area (Å²) in [7, 11) is 0. The predicted octanol–water partition coefficient (Wildman–Crippen LogP) is 2.91. The Morgan fingerprint density at radius 1 is 1.06 bits per heavy atom. The molecule has 2 fully saturated rings. The van der Waals surface area contributed by atoms with Crippen LogP contribution in [0.1, 0.15) is 40.2 Å². The minimum atomic E-state index is -0.00714. The lowest BCUT2D eigenvalue weighted by atomic mass is 9.94. The number of ether oxygens (including phenoxy) is 1. The van der Waals surface area contributed by atoms with Crippen LogP contribution in [-0.4, -0.2) is 70.8 Å². The predicted molar refractivity (Wildman–Crippen MR) is 118 cm³/mol. The van der Waals surface area contributed by atoms with Crippen molar-refractivity contribution >= 4 is 23.4 Å². The van der Waals surface area contributed by atoms with Gasteiger partial charge in [-0.2, -0.15) is 5.10 Å². The molecule has 2 aromatic rings. The molecule has 2 aliphatic rings. The van der Waals surface area contributed by atoms with Crippen LogP contribution < -0.4 is 0 Å². The van der Waals surface area contributed by atoms with Crippen LogP contribution >= 0.6 is 11.6 Å². The zero-order valence-electron chi connectivity index (χ0n) is 18.1. The highest BCUT2D eigenvalue weighted by atomic mass is 35.5. The number of aromatic nitrogens is 2. The number of hydrogen-bond donors (Lipinski definition) is 0.